The van der Waals surface area contributed by atoms with Gasteiger partial charge in [-0.1, -0.05) is 19.8 Å². The van der Waals surface area contributed by atoms with Crippen LogP contribution < -0.4 is 21.7 Å². The average Bonchev–Trinajstić information content (AvgIpc) is 2.62. The minimum atomic E-state index is -0.950. The Bertz CT molecular complexity index is 612. The summed E-state index contributed by atoms with van der Waals surface area (Å²) >= 11 is 4.07. The molecule has 0 unspecified atom stereocenters. The summed E-state index contributed by atoms with van der Waals surface area (Å²) in [7, 11) is 0. The summed E-state index contributed by atoms with van der Waals surface area (Å²) < 4.78 is 0. The number of nitrogens with one attached hydrogen (secondary N) is 3. The van der Waals surface area contributed by atoms with Crippen molar-refractivity contribution in [2.75, 3.05) is 18.8 Å². The number of carbonyl (C=O) groups excluding carboxylic acids is 5. The van der Waals surface area contributed by atoms with Crippen LogP contribution in [-0.4, -0.2) is 54.3 Å². The van der Waals surface area contributed by atoms with Crippen LogP contribution in [0.15, 0.2) is 0 Å². The van der Waals surface area contributed by atoms with E-state index < -0.39 is 36.1 Å². The highest BCUT2D eigenvalue weighted by Crippen LogP contribution is 2.01. The van der Waals surface area contributed by atoms with E-state index in [1.165, 1.54) is 0 Å². The molecule has 10 heteroatoms. The normalized spacial score (nSPS) is 10.7. The van der Waals surface area contributed by atoms with Crippen LogP contribution >= 0.6 is 12.6 Å². The Morgan fingerprint density at radius 2 is 1.70 bits per heavy atom. The molecule has 27 heavy (non-hydrogen) atoms. The second-order valence-electron chi connectivity index (χ2n) is 5.62. The molecule has 0 aromatic rings. The molecule has 0 aliphatic rings. The minimum Gasteiger partial charge on any atom is -0.359 e. The maximum atomic E-state index is 12.1. The topological polar surface area (TPSA) is 147 Å². The highest BCUT2D eigenvalue weighted by atomic mass is 32.1. The highest BCUT2D eigenvalue weighted by molar-refractivity contribution is 7.80. The molecule has 0 fully saturated rings. The van der Waals surface area contributed by atoms with Gasteiger partial charge in [-0.3, -0.25) is 24.0 Å². The maximum absolute atomic E-state index is 12.1. The first-order chi connectivity index (χ1) is 12.8. The van der Waals surface area contributed by atoms with Gasteiger partial charge in [0.05, 0.1) is 13.1 Å². The number of nitrogens with two attached hydrogens (primary N) is 1. The van der Waals surface area contributed by atoms with Crippen molar-refractivity contribution in [3.05, 3.63) is 0 Å². The number of primary amides is 1. The molecule has 0 heterocycles. The summed E-state index contributed by atoms with van der Waals surface area (Å²) in [5.41, 5.74) is 4.76. The largest absolute Gasteiger partial charge is 0.359 e. The summed E-state index contributed by atoms with van der Waals surface area (Å²) in [6, 6.07) is -0.785. The second kappa shape index (κ2) is 14.6. The molecule has 0 saturated heterocycles. The van der Waals surface area contributed by atoms with Crippen molar-refractivity contribution in [2.24, 2.45) is 5.73 Å². The third-order valence-electron chi connectivity index (χ3n) is 3.27. The summed E-state index contributed by atoms with van der Waals surface area (Å²) in [5.74, 6) is 1.20. The van der Waals surface area contributed by atoms with Crippen LogP contribution in [0.1, 0.15) is 39.0 Å². The van der Waals surface area contributed by atoms with Gasteiger partial charge in [-0.25, -0.2) is 0 Å². The number of hydrogen-bond donors (Lipinski definition) is 5. The monoisotopic (exact) mass is 398 g/mol. The first kappa shape index (κ1) is 24.5. The fourth-order valence-corrected chi connectivity index (χ4v) is 2.17. The van der Waals surface area contributed by atoms with Gasteiger partial charge >= 0.3 is 0 Å². The Morgan fingerprint density at radius 1 is 1.00 bits per heavy atom. The number of ketones is 1. The van der Waals surface area contributed by atoms with Crippen molar-refractivity contribution in [1.82, 2.24) is 16.0 Å². The van der Waals surface area contributed by atoms with Gasteiger partial charge in [0.2, 0.25) is 23.5 Å². The fraction of sp³-hybridized carbons (Fsp3) is 0.588. The van der Waals surface area contributed by atoms with E-state index in [0.29, 0.717) is 18.6 Å². The number of unbranched alkanes of at least 4 members (excludes halogenated alkanes) is 2. The molecule has 5 N–H and O–H groups in total. The minimum absolute atomic E-state index is 0.228. The van der Waals surface area contributed by atoms with Crippen LogP contribution in [0, 0.1) is 11.8 Å². The summed E-state index contributed by atoms with van der Waals surface area (Å²) in [4.78, 5) is 57.3. The molecule has 0 bridgehead atoms. The molecule has 1 atom stereocenters. The standard InChI is InChI=1S/C17H26N4O5S/c1-2-3-4-5-15(24)21-13(8-9-27)17(26)20-11-16(25)19-10-12(22)6-7-14(18)23/h13,27H,2-5,8-11H2,1H3,(H2,18,23)(H,19,25)(H,20,26)(H,21,24)/t13-/m0/s1. The Balaban J connectivity index is 4.34. The van der Waals surface area contributed by atoms with Crippen LogP contribution in [0.3, 0.4) is 0 Å². The SMILES string of the molecule is CCCCCC(=O)N[C@@H](CCS)C(=O)NCC(=O)NCC(=O)C#CC(N)=O. The lowest BCUT2D eigenvalue weighted by Gasteiger charge is -2.17. The van der Waals surface area contributed by atoms with Gasteiger partial charge in [-0.05, 0) is 24.5 Å². The third-order valence-corrected chi connectivity index (χ3v) is 3.53. The average molecular weight is 398 g/mol. The molecule has 0 rings (SSSR count). The van der Waals surface area contributed by atoms with E-state index in [1.54, 1.807) is 0 Å². The van der Waals surface area contributed by atoms with Gasteiger partial charge in [0.1, 0.15) is 6.04 Å². The van der Waals surface area contributed by atoms with Gasteiger partial charge in [-0.2, -0.15) is 12.6 Å². The smallest absolute Gasteiger partial charge is 0.293 e. The molecule has 4 amide bonds. The van der Waals surface area contributed by atoms with Crippen molar-refractivity contribution in [2.45, 2.75) is 45.1 Å². The zero-order valence-electron chi connectivity index (χ0n) is 15.3. The summed E-state index contributed by atoms with van der Waals surface area (Å²) in [6.45, 7) is 1.24. The van der Waals surface area contributed by atoms with Crippen molar-refractivity contribution in [1.29, 1.82) is 0 Å². The van der Waals surface area contributed by atoms with Crippen LogP contribution in [0.25, 0.3) is 0 Å². The van der Waals surface area contributed by atoms with Crippen molar-refractivity contribution >= 4 is 42.0 Å². The highest BCUT2D eigenvalue weighted by Gasteiger charge is 2.20. The van der Waals surface area contributed by atoms with Crippen molar-refractivity contribution in [3.8, 4) is 11.8 Å². The van der Waals surface area contributed by atoms with E-state index in [2.05, 4.69) is 28.6 Å². The Kier molecular flexibility index (Phi) is 13.2. The molecular weight excluding hydrogens is 372 g/mol. The van der Waals surface area contributed by atoms with Gasteiger partial charge in [0.25, 0.3) is 5.91 Å². The van der Waals surface area contributed by atoms with E-state index in [-0.39, 0.29) is 12.5 Å². The molecule has 0 aromatic carbocycles. The number of carbonyl (C=O) groups is 5. The molecule has 0 saturated carbocycles. The second-order valence-corrected chi connectivity index (χ2v) is 6.07. The lowest BCUT2D eigenvalue weighted by atomic mass is 10.1. The summed E-state index contributed by atoms with van der Waals surface area (Å²) in [6.07, 6.45) is 3.31. The molecule has 9 nitrogen and oxygen atoms in total. The van der Waals surface area contributed by atoms with E-state index in [1.807, 2.05) is 18.8 Å². The number of amides is 4. The van der Waals surface area contributed by atoms with E-state index >= 15 is 0 Å². The lowest BCUT2D eigenvalue weighted by molar-refractivity contribution is -0.130. The molecule has 0 spiro atoms. The van der Waals surface area contributed by atoms with Crippen LogP contribution in [0.2, 0.25) is 0 Å². The van der Waals surface area contributed by atoms with Crippen molar-refractivity contribution in [3.63, 3.8) is 0 Å². The van der Waals surface area contributed by atoms with Gasteiger partial charge in [0.15, 0.2) is 0 Å². The van der Waals surface area contributed by atoms with Gasteiger partial charge in [-0.15, -0.1) is 0 Å². The van der Waals surface area contributed by atoms with Crippen molar-refractivity contribution < 1.29 is 24.0 Å². The zero-order chi connectivity index (χ0) is 20.7. The number of hydrogen-bond acceptors (Lipinski definition) is 6. The van der Waals surface area contributed by atoms with E-state index in [4.69, 9.17) is 5.73 Å². The molecule has 0 aliphatic carbocycles. The first-order valence-electron chi connectivity index (χ1n) is 8.59. The molecule has 150 valence electrons. The predicted molar refractivity (Wildman–Crippen MR) is 103 cm³/mol. The van der Waals surface area contributed by atoms with E-state index in [0.717, 1.165) is 19.3 Å². The first-order valence-corrected chi connectivity index (χ1v) is 9.22. The number of thiol groups is 1. The van der Waals surface area contributed by atoms with E-state index in [9.17, 15) is 24.0 Å². The van der Waals surface area contributed by atoms with Gasteiger partial charge in [0, 0.05) is 12.3 Å². The van der Waals surface area contributed by atoms with Crippen LogP contribution in [-0.2, 0) is 24.0 Å². The third kappa shape index (κ3) is 13.3. The molecule has 0 aliphatic heterocycles. The number of Topliss-reactive ketones (excluding diaryl/α,β-unsaturated/α-hetero) is 1. The Hall–Kier alpha value is -2.54. The molecule has 0 aromatic heterocycles. The number of rotatable bonds is 12. The summed E-state index contributed by atoms with van der Waals surface area (Å²) in [5, 5.41) is 7.27. The zero-order valence-corrected chi connectivity index (χ0v) is 16.2. The Labute approximate surface area is 164 Å². The molecule has 0 radical (unpaired) electrons. The lowest BCUT2D eigenvalue weighted by Crippen LogP contribution is -2.49. The van der Waals surface area contributed by atoms with Crippen LogP contribution in [0.4, 0.5) is 0 Å². The maximum Gasteiger partial charge on any atom is 0.293 e. The van der Waals surface area contributed by atoms with Gasteiger partial charge < -0.3 is 21.7 Å². The predicted octanol–water partition coefficient (Wildman–Crippen LogP) is -1.34. The quantitative estimate of drug-likeness (QED) is 0.119. The molecular formula is C17H26N4O5S. The fourth-order valence-electron chi connectivity index (χ4n) is 1.91. The van der Waals surface area contributed by atoms with Crippen LogP contribution in [0.5, 0.6) is 0 Å². The Morgan fingerprint density at radius 3 is 2.30 bits per heavy atom.